The van der Waals surface area contributed by atoms with Crippen LogP contribution >= 0.6 is 0 Å². The average molecular weight is 237 g/mol. The lowest BCUT2D eigenvalue weighted by Gasteiger charge is -2.27. The van der Waals surface area contributed by atoms with Gasteiger partial charge in [0.15, 0.2) is 0 Å². The van der Waals surface area contributed by atoms with E-state index < -0.39 is 0 Å². The summed E-state index contributed by atoms with van der Waals surface area (Å²) in [6.07, 6.45) is 5.67. The van der Waals surface area contributed by atoms with Gasteiger partial charge in [0.25, 0.3) is 0 Å². The number of hydrogen-bond donors (Lipinski definition) is 2. The highest BCUT2D eigenvalue weighted by Crippen LogP contribution is 2.25. The maximum atomic E-state index is 6.00. The lowest BCUT2D eigenvalue weighted by Crippen LogP contribution is -2.34. The Morgan fingerprint density at radius 2 is 2.24 bits per heavy atom. The van der Waals surface area contributed by atoms with Crippen molar-refractivity contribution in [3.8, 4) is 0 Å². The summed E-state index contributed by atoms with van der Waals surface area (Å²) in [5.41, 5.74) is 7.80. The van der Waals surface area contributed by atoms with Crippen molar-refractivity contribution in [3.05, 3.63) is 24.0 Å². The molecule has 0 saturated heterocycles. The lowest BCUT2D eigenvalue weighted by atomic mass is 9.99. The minimum atomic E-state index is 0.110. The molecule has 2 unspecified atom stereocenters. The zero-order valence-corrected chi connectivity index (χ0v) is 10.9. The monoisotopic (exact) mass is 237 g/mol. The number of hydrogen-bond acceptors (Lipinski definition) is 4. The van der Waals surface area contributed by atoms with Crippen LogP contribution in [0.5, 0.6) is 0 Å². The standard InChI is InChI=1S/C13H23N3O/c1-4-7-16-13(12(5-2)17-3)10-9-15-8-6-11(10)14/h6,8-9,12-13,16H,4-5,7H2,1-3H3,(H2,14,15). The molecule has 3 N–H and O–H groups in total. The molecule has 0 amide bonds. The van der Waals surface area contributed by atoms with Crippen molar-refractivity contribution >= 4 is 5.69 Å². The maximum Gasteiger partial charge on any atom is 0.0764 e. The van der Waals surface area contributed by atoms with Crippen molar-refractivity contribution in [1.82, 2.24) is 10.3 Å². The van der Waals surface area contributed by atoms with Crippen molar-refractivity contribution in [3.63, 3.8) is 0 Å². The minimum Gasteiger partial charge on any atom is -0.398 e. The van der Waals surface area contributed by atoms with Gasteiger partial charge in [0.05, 0.1) is 12.1 Å². The number of methoxy groups -OCH3 is 1. The molecule has 0 aliphatic carbocycles. The first-order valence-electron chi connectivity index (χ1n) is 6.20. The van der Waals surface area contributed by atoms with Crippen LogP contribution in [0.25, 0.3) is 0 Å². The first-order valence-corrected chi connectivity index (χ1v) is 6.20. The van der Waals surface area contributed by atoms with Crippen LogP contribution in [0.1, 0.15) is 38.3 Å². The van der Waals surface area contributed by atoms with Crippen LogP contribution in [0.15, 0.2) is 18.5 Å². The summed E-state index contributed by atoms with van der Waals surface area (Å²) in [5, 5.41) is 3.48. The van der Waals surface area contributed by atoms with E-state index in [1.807, 2.05) is 12.3 Å². The normalized spacial score (nSPS) is 14.5. The van der Waals surface area contributed by atoms with E-state index in [0.29, 0.717) is 0 Å². The molecule has 0 aliphatic rings. The van der Waals surface area contributed by atoms with Crippen LogP contribution in [0.3, 0.4) is 0 Å². The molecule has 96 valence electrons. The molecule has 0 saturated carbocycles. The predicted octanol–water partition coefficient (Wildman–Crippen LogP) is 2.13. The van der Waals surface area contributed by atoms with Gasteiger partial charge in [0.1, 0.15) is 0 Å². The van der Waals surface area contributed by atoms with Crippen molar-refractivity contribution in [1.29, 1.82) is 0 Å². The Labute approximate surface area is 104 Å². The highest BCUT2D eigenvalue weighted by Gasteiger charge is 2.22. The van der Waals surface area contributed by atoms with Crippen LogP contribution in [-0.4, -0.2) is 24.7 Å². The fourth-order valence-corrected chi connectivity index (χ4v) is 1.96. The van der Waals surface area contributed by atoms with Crippen LogP contribution < -0.4 is 11.1 Å². The number of anilines is 1. The van der Waals surface area contributed by atoms with Crippen molar-refractivity contribution < 1.29 is 4.74 Å². The second kappa shape index (κ2) is 7.25. The van der Waals surface area contributed by atoms with Gasteiger partial charge in [-0.2, -0.15) is 0 Å². The molecule has 2 atom stereocenters. The molecule has 17 heavy (non-hydrogen) atoms. The average Bonchev–Trinajstić information content (AvgIpc) is 2.36. The highest BCUT2D eigenvalue weighted by molar-refractivity contribution is 5.46. The summed E-state index contributed by atoms with van der Waals surface area (Å²) in [6, 6.07) is 1.94. The third kappa shape index (κ3) is 3.68. The topological polar surface area (TPSA) is 60.2 Å². The van der Waals surface area contributed by atoms with E-state index in [0.717, 1.165) is 30.6 Å². The molecule has 1 aromatic rings. The molecule has 0 spiro atoms. The zero-order chi connectivity index (χ0) is 12.7. The predicted molar refractivity (Wildman–Crippen MR) is 70.8 cm³/mol. The van der Waals surface area contributed by atoms with Crippen molar-refractivity contribution in [2.45, 2.75) is 38.8 Å². The number of aromatic nitrogens is 1. The Morgan fingerprint density at radius 3 is 2.76 bits per heavy atom. The lowest BCUT2D eigenvalue weighted by molar-refractivity contribution is 0.0652. The van der Waals surface area contributed by atoms with E-state index in [2.05, 4.69) is 24.1 Å². The van der Waals surface area contributed by atoms with Crippen LogP contribution in [0, 0.1) is 0 Å². The SMILES string of the molecule is CCCNC(c1cnccc1N)C(CC)OC. The first-order chi connectivity index (χ1) is 8.24. The maximum absolute atomic E-state index is 6.00. The molecule has 0 radical (unpaired) electrons. The van der Waals surface area contributed by atoms with Crippen LogP contribution in [-0.2, 0) is 4.74 Å². The number of nitrogen functional groups attached to an aromatic ring is 1. The van der Waals surface area contributed by atoms with Crippen molar-refractivity contribution in [2.24, 2.45) is 0 Å². The summed E-state index contributed by atoms with van der Waals surface area (Å²) in [5.74, 6) is 0. The van der Waals surface area contributed by atoms with E-state index in [4.69, 9.17) is 10.5 Å². The zero-order valence-electron chi connectivity index (χ0n) is 10.9. The molecule has 4 heteroatoms. The van der Waals surface area contributed by atoms with Gasteiger partial charge in [-0.15, -0.1) is 0 Å². The summed E-state index contributed by atoms with van der Waals surface area (Å²) in [7, 11) is 1.74. The van der Waals surface area contributed by atoms with Gasteiger partial charge in [-0.1, -0.05) is 13.8 Å². The highest BCUT2D eigenvalue weighted by atomic mass is 16.5. The number of nitrogens with one attached hydrogen (secondary N) is 1. The largest absolute Gasteiger partial charge is 0.398 e. The molecular formula is C13H23N3O. The van der Waals surface area contributed by atoms with E-state index in [1.54, 1.807) is 13.3 Å². The quantitative estimate of drug-likeness (QED) is 0.762. The smallest absolute Gasteiger partial charge is 0.0764 e. The van der Waals surface area contributed by atoms with Gasteiger partial charge < -0.3 is 15.8 Å². The Kier molecular flexibility index (Phi) is 5.94. The summed E-state index contributed by atoms with van der Waals surface area (Å²) >= 11 is 0. The van der Waals surface area contributed by atoms with Gasteiger partial charge >= 0.3 is 0 Å². The van der Waals surface area contributed by atoms with Gasteiger partial charge in [0.2, 0.25) is 0 Å². The second-order valence-corrected chi connectivity index (χ2v) is 4.12. The fraction of sp³-hybridized carbons (Fsp3) is 0.615. The molecule has 1 heterocycles. The molecule has 0 fully saturated rings. The number of pyridine rings is 1. The summed E-state index contributed by atoms with van der Waals surface area (Å²) < 4.78 is 5.52. The van der Waals surface area contributed by atoms with E-state index in [9.17, 15) is 0 Å². The fourth-order valence-electron chi connectivity index (χ4n) is 1.96. The third-order valence-electron chi connectivity index (χ3n) is 2.91. The molecule has 0 bridgehead atoms. The molecule has 1 rings (SSSR count). The Bertz CT molecular complexity index is 326. The Morgan fingerprint density at radius 1 is 1.47 bits per heavy atom. The third-order valence-corrected chi connectivity index (χ3v) is 2.91. The van der Waals surface area contributed by atoms with E-state index in [-0.39, 0.29) is 12.1 Å². The van der Waals surface area contributed by atoms with Gasteiger partial charge in [0, 0.05) is 30.8 Å². The van der Waals surface area contributed by atoms with Gasteiger partial charge in [-0.25, -0.2) is 0 Å². The summed E-state index contributed by atoms with van der Waals surface area (Å²) in [6.45, 7) is 5.20. The van der Waals surface area contributed by atoms with Crippen LogP contribution in [0.4, 0.5) is 5.69 Å². The Hall–Kier alpha value is -1.13. The molecule has 0 aliphatic heterocycles. The molecular weight excluding hydrogens is 214 g/mol. The van der Waals surface area contributed by atoms with E-state index >= 15 is 0 Å². The Balaban J connectivity index is 2.92. The van der Waals surface area contributed by atoms with Gasteiger partial charge in [-0.3, -0.25) is 4.98 Å². The number of nitrogens with zero attached hydrogens (tertiary/aromatic N) is 1. The second-order valence-electron chi connectivity index (χ2n) is 4.12. The number of rotatable bonds is 7. The molecule has 1 aromatic heterocycles. The number of nitrogens with two attached hydrogens (primary N) is 1. The molecule has 0 aromatic carbocycles. The molecule has 4 nitrogen and oxygen atoms in total. The van der Waals surface area contributed by atoms with Crippen LogP contribution in [0.2, 0.25) is 0 Å². The number of ether oxygens (including phenoxy) is 1. The van der Waals surface area contributed by atoms with E-state index in [1.165, 1.54) is 0 Å². The summed E-state index contributed by atoms with van der Waals surface area (Å²) in [4.78, 5) is 4.15. The first kappa shape index (κ1) is 13.9. The van der Waals surface area contributed by atoms with Gasteiger partial charge in [-0.05, 0) is 25.5 Å². The van der Waals surface area contributed by atoms with Crippen molar-refractivity contribution in [2.75, 3.05) is 19.4 Å². The minimum absolute atomic E-state index is 0.110.